The molecule has 29 heavy (non-hydrogen) atoms. The first-order chi connectivity index (χ1) is 13.8. The van der Waals surface area contributed by atoms with E-state index in [0.717, 1.165) is 0 Å². The molecular weight excluding hydrogens is 396 g/mol. The first kappa shape index (κ1) is 20.8. The number of rotatable bonds is 4. The van der Waals surface area contributed by atoms with Gasteiger partial charge in [-0.1, -0.05) is 0 Å². The number of sulfonamides is 1. The number of ether oxygens (including phenoxy) is 2. The van der Waals surface area contributed by atoms with Crippen molar-refractivity contribution in [3.8, 4) is 0 Å². The first-order valence-electron chi connectivity index (χ1n) is 10.4. The van der Waals surface area contributed by atoms with Crippen LogP contribution in [0.4, 0.5) is 0 Å². The van der Waals surface area contributed by atoms with Gasteiger partial charge in [-0.15, -0.1) is 0 Å². The van der Waals surface area contributed by atoms with Gasteiger partial charge in [-0.2, -0.15) is 4.31 Å². The van der Waals surface area contributed by atoms with Crippen molar-refractivity contribution >= 4 is 15.9 Å². The fourth-order valence-electron chi connectivity index (χ4n) is 4.34. The van der Waals surface area contributed by atoms with Crippen molar-refractivity contribution in [1.29, 1.82) is 0 Å². The minimum Gasteiger partial charge on any atom is -0.347 e. The third-order valence-electron chi connectivity index (χ3n) is 6.16. The minimum absolute atomic E-state index is 0.0328. The van der Waals surface area contributed by atoms with Gasteiger partial charge in [0.25, 0.3) is 10.0 Å². The lowest BCUT2D eigenvalue weighted by Crippen LogP contribution is -2.51. The van der Waals surface area contributed by atoms with Crippen molar-refractivity contribution in [3.05, 3.63) is 12.5 Å². The van der Waals surface area contributed by atoms with Crippen LogP contribution in [0.3, 0.4) is 0 Å². The molecule has 3 aliphatic heterocycles. The van der Waals surface area contributed by atoms with E-state index >= 15 is 0 Å². The zero-order chi connectivity index (χ0) is 20.6. The number of piperidine rings is 2. The van der Waals surface area contributed by atoms with Gasteiger partial charge >= 0.3 is 0 Å². The molecule has 0 bridgehead atoms. The molecule has 3 fully saturated rings. The molecule has 0 aliphatic carbocycles. The number of carbonyl (C=O) groups excluding carboxylic acids is 1. The van der Waals surface area contributed by atoms with E-state index in [9.17, 15) is 13.2 Å². The van der Waals surface area contributed by atoms with Crippen molar-refractivity contribution < 1.29 is 22.7 Å². The highest BCUT2D eigenvalue weighted by molar-refractivity contribution is 7.89. The van der Waals surface area contributed by atoms with Gasteiger partial charge in [-0.3, -0.25) is 4.79 Å². The van der Waals surface area contributed by atoms with Crippen LogP contribution in [-0.2, 0) is 24.3 Å². The van der Waals surface area contributed by atoms with E-state index in [1.54, 1.807) is 17.1 Å². The molecule has 1 atom stereocenters. The maximum Gasteiger partial charge on any atom is 0.262 e. The molecule has 1 spiro atoms. The standard InChI is InChI=1S/C19H30N4O5S/c1-15(2)22-13-17(20-14-22)29(25,26)23-7-3-4-16(12-23)18(24)21-8-5-19(6-9-21)27-10-11-28-19/h13-16H,3-12H2,1-2H3. The molecule has 4 heterocycles. The number of amides is 1. The van der Waals surface area contributed by atoms with E-state index in [1.165, 1.54) is 4.31 Å². The molecule has 1 aromatic heterocycles. The Hall–Kier alpha value is -1.49. The van der Waals surface area contributed by atoms with Gasteiger partial charge in [0, 0.05) is 51.3 Å². The summed E-state index contributed by atoms with van der Waals surface area (Å²) in [5.41, 5.74) is 0. The van der Waals surface area contributed by atoms with E-state index in [0.29, 0.717) is 58.5 Å². The van der Waals surface area contributed by atoms with E-state index < -0.39 is 15.8 Å². The molecule has 10 heteroatoms. The minimum atomic E-state index is -3.70. The summed E-state index contributed by atoms with van der Waals surface area (Å²) in [5, 5.41) is 0.0507. The average molecular weight is 427 g/mol. The molecule has 1 unspecified atom stereocenters. The largest absolute Gasteiger partial charge is 0.347 e. The van der Waals surface area contributed by atoms with E-state index in [-0.39, 0.29) is 29.4 Å². The summed E-state index contributed by atoms with van der Waals surface area (Å²) in [6.07, 6.45) is 5.82. The van der Waals surface area contributed by atoms with Crippen molar-refractivity contribution in [2.45, 2.75) is 56.4 Å². The number of nitrogens with zero attached hydrogens (tertiary/aromatic N) is 4. The van der Waals surface area contributed by atoms with Gasteiger partial charge in [-0.05, 0) is 26.7 Å². The molecule has 0 aromatic carbocycles. The highest BCUT2D eigenvalue weighted by Crippen LogP contribution is 2.33. The summed E-state index contributed by atoms with van der Waals surface area (Å²) in [6, 6.07) is 0.136. The highest BCUT2D eigenvalue weighted by atomic mass is 32.2. The Morgan fingerprint density at radius 2 is 1.90 bits per heavy atom. The van der Waals surface area contributed by atoms with Crippen LogP contribution < -0.4 is 0 Å². The lowest BCUT2D eigenvalue weighted by Gasteiger charge is -2.40. The maximum absolute atomic E-state index is 13.1. The van der Waals surface area contributed by atoms with Crippen LogP contribution in [0.15, 0.2) is 17.6 Å². The molecule has 0 N–H and O–H groups in total. The number of carbonyl (C=O) groups is 1. The van der Waals surface area contributed by atoms with E-state index in [4.69, 9.17) is 9.47 Å². The average Bonchev–Trinajstić information content (AvgIpc) is 3.39. The fourth-order valence-corrected chi connectivity index (χ4v) is 5.79. The number of hydrogen-bond donors (Lipinski definition) is 0. The smallest absolute Gasteiger partial charge is 0.262 e. The fraction of sp³-hybridized carbons (Fsp3) is 0.789. The summed E-state index contributed by atoms with van der Waals surface area (Å²) in [5.74, 6) is -0.802. The predicted octanol–water partition coefficient (Wildman–Crippen LogP) is 1.23. The Morgan fingerprint density at radius 1 is 1.21 bits per heavy atom. The molecule has 1 amide bonds. The molecule has 4 rings (SSSR count). The van der Waals surface area contributed by atoms with Crippen LogP contribution in [0.1, 0.15) is 45.6 Å². The molecule has 1 aromatic rings. The second kappa shape index (κ2) is 7.98. The van der Waals surface area contributed by atoms with Gasteiger partial charge in [0.15, 0.2) is 10.8 Å². The SMILES string of the molecule is CC(C)n1cnc(S(=O)(=O)N2CCCC(C(=O)N3CCC4(CC3)OCCO4)C2)c1. The Bertz CT molecular complexity index is 837. The summed E-state index contributed by atoms with van der Waals surface area (Å²) >= 11 is 0. The van der Waals surface area contributed by atoms with Gasteiger partial charge < -0.3 is 18.9 Å². The monoisotopic (exact) mass is 426 g/mol. The van der Waals surface area contributed by atoms with Crippen LogP contribution in [0.5, 0.6) is 0 Å². The third-order valence-corrected chi connectivity index (χ3v) is 7.91. The predicted molar refractivity (Wildman–Crippen MR) is 105 cm³/mol. The topological polar surface area (TPSA) is 94.0 Å². The van der Waals surface area contributed by atoms with Gasteiger partial charge in [0.05, 0.1) is 25.5 Å². The lowest BCUT2D eigenvalue weighted by atomic mass is 9.96. The summed E-state index contributed by atoms with van der Waals surface area (Å²) in [6.45, 7) is 6.96. The molecule has 3 aliphatic rings. The Kier molecular flexibility index (Phi) is 5.71. The van der Waals surface area contributed by atoms with Crippen molar-refractivity contribution in [2.75, 3.05) is 39.4 Å². The van der Waals surface area contributed by atoms with Gasteiger partial charge in [0.2, 0.25) is 5.91 Å². The highest BCUT2D eigenvalue weighted by Gasteiger charge is 2.43. The van der Waals surface area contributed by atoms with Gasteiger partial charge in [-0.25, -0.2) is 13.4 Å². The second-order valence-electron chi connectivity index (χ2n) is 8.39. The lowest BCUT2D eigenvalue weighted by molar-refractivity contribution is -0.188. The molecule has 3 saturated heterocycles. The third kappa shape index (κ3) is 4.08. The molecular formula is C19H30N4O5S. The quantitative estimate of drug-likeness (QED) is 0.719. The Morgan fingerprint density at radius 3 is 2.52 bits per heavy atom. The zero-order valence-electron chi connectivity index (χ0n) is 17.1. The number of aromatic nitrogens is 2. The van der Waals surface area contributed by atoms with Crippen molar-refractivity contribution in [2.24, 2.45) is 5.92 Å². The molecule has 162 valence electrons. The second-order valence-corrected chi connectivity index (χ2v) is 10.3. The van der Waals surface area contributed by atoms with Crippen LogP contribution >= 0.6 is 0 Å². The molecule has 9 nitrogen and oxygen atoms in total. The Balaban J connectivity index is 1.40. The molecule has 0 saturated carbocycles. The van der Waals surface area contributed by atoms with Crippen LogP contribution in [-0.4, -0.2) is 78.3 Å². The summed E-state index contributed by atoms with van der Waals surface area (Å²) in [4.78, 5) is 19.0. The van der Waals surface area contributed by atoms with Crippen LogP contribution in [0.25, 0.3) is 0 Å². The number of hydrogen-bond acceptors (Lipinski definition) is 6. The molecule has 0 radical (unpaired) electrons. The summed E-state index contributed by atoms with van der Waals surface area (Å²) in [7, 11) is -3.70. The van der Waals surface area contributed by atoms with Crippen molar-refractivity contribution in [1.82, 2.24) is 18.8 Å². The number of imidazole rings is 1. The maximum atomic E-state index is 13.1. The van der Waals surface area contributed by atoms with Crippen LogP contribution in [0, 0.1) is 5.92 Å². The zero-order valence-corrected chi connectivity index (χ0v) is 17.9. The van der Waals surface area contributed by atoms with E-state index in [2.05, 4.69) is 4.98 Å². The van der Waals surface area contributed by atoms with E-state index in [1.807, 2.05) is 18.7 Å². The first-order valence-corrected chi connectivity index (χ1v) is 11.9. The number of likely N-dealkylation sites (tertiary alicyclic amines) is 1. The van der Waals surface area contributed by atoms with Crippen molar-refractivity contribution in [3.63, 3.8) is 0 Å². The van der Waals surface area contributed by atoms with Crippen LogP contribution in [0.2, 0.25) is 0 Å². The normalized spacial score (nSPS) is 25.8. The summed E-state index contributed by atoms with van der Waals surface area (Å²) < 4.78 is 40.7. The van der Waals surface area contributed by atoms with Gasteiger partial charge in [0.1, 0.15) is 0 Å². The Labute approximate surface area is 172 Å².